The summed E-state index contributed by atoms with van der Waals surface area (Å²) >= 11 is 0. The van der Waals surface area contributed by atoms with Gasteiger partial charge in [0.25, 0.3) is 0 Å². The molecule has 0 fully saturated rings. The van der Waals surface area contributed by atoms with Crippen LogP contribution < -0.4 is 10.2 Å². The zero-order valence-corrected chi connectivity index (χ0v) is 15.7. The van der Waals surface area contributed by atoms with Gasteiger partial charge in [-0.3, -0.25) is 4.79 Å². The van der Waals surface area contributed by atoms with Crippen LogP contribution in [0.25, 0.3) is 0 Å². The number of amides is 1. The summed E-state index contributed by atoms with van der Waals surface area (Å²) in [6.45, 7) is 9.48. The molecule has 1 amide bonds. The van der Waals surface area contributed by atoms with Gasteiger partial charge < -0.3 is 10.2 Å². The molecule has 3 rings (SSSR count). The molecule has 0 saturated carbocycles. The summed E-state index contributed by atoms with van der Waals surface area (Å²) in [6.07, 6.45) is 1.56. The normalized spacial score (nSPS) is 16.6. The third-order valence-corrected chi connectivity index (χ3v) is 4.94. The number of nitrogens with zero attached hydrogens (tertiary/aromatic N) is 1. The number of hydrogen-bond donors (Lipinski definition) is 1. The third kappa shape index (κ3) is 3.87. The molecule has 2 aromatic carbocycles. The molecule has 0 bridgehead atoms. The highest BCUT2D eigenvalue weighted by Gasteiger charge is 2.26. The van der Waals surface area contributed by atoms with Gasteiger partial charge in [-0.15, -0.1) is 0 Å². The minimum Gasteiger partial charge on any atom is -0.368 e. The van der Waals surface area contributed by atoms with Crippen molar-refractivity contribution in [2.75, 3.05) is 16.8 Å². The van der Waals surface area contributed by atoms with Crippen LogP contribution in [0.3, 0.4) is 0 Å². The molecular formula is C22H28N2O. The Hall–Kier alpha value is -2.29. The molecule has 0 radical (unpaired) electrons. The number of benzene rings is 2. The van der Waals surface area contributed by atoms with Crippen molar-refractivity contribution < 1.29 is 4.79 Å². The number of fused-ring (bicyclic) bond motifs is 1. The van der Waals surface area contributed by atoms with Crippen molar-refractivity contribution in [3.8, 4) is 0 Å². The molecule has 0 aliphatic carbocycles. The van der Waals surface area contributed by atoms with Gasteiger partial charge in [-0.1, -0.05) is 57.2 Å². The van der Waals surface area contributed by atoms with Crippen LogP contribution in [0.5, 0.6) is 0 Å². The lowest BCUT2D eigenvalue weighted by Gasteiger charge is -2.25. The van der Waals surface area contributed by atoms with Gasteiger partial charge >= 0.3 is 0 Å². The maximum absolute atomic E-state index is 12.5. The molecule has 3 nitrogen and oxygen atoms in total. The van der Waals surface area contributed by atoms with Gasteiger partial charge in [0, 0.05) is 30.4 Å². The van der Waals surface area contributed by atoms with Crippen LogP contribution in [0.4, 0.5) is 11.4 Å². The highest BCUT2D eigenvalue weighted by Crippen LogP contribution is 2.32. The Labute approximate surface area is 151 Å². The molecule has 0 spiro atoms. The Morgan fingerprint density at radius 2 is 1.80 bits per heavy atom. The molecule has 1 unspecified atom stereocenters. The van der Waals surface area contributed by atoms with E-state index in [4.69, 9.17) is 0 Å². The lowest BCUT2D eigenvalue weighted by molar-refractivity contribution is -0.116. The number of nitrogens with one attached hydrogen (secondary N) is 1. The van der Waals surface area contributed by atoms with Gasteiger partial charge in [-0.05, 0) is 42.0 Å². The van der Waals surface area contributed by atoms with Crippen LogP contribution in [0, 0.1) is 0 Å². The van der Waals surface area contributed by atoms with Gasteiger partial charge in [0.1, 0.15) is 0 Å². The highest BCUT2D eigenvalue weighted by molar-refractivity contribution is 5.92. The zero-order chi connectivity index (χ0) is 18.0. The van der Waals surface area contributed by atoms with Gasteiger partial charge in [0.05, 0.1) is 0 Å². The van der Waals surface area contributed by atoms with E-state index >= 15 is 0 Å². The molecule has 1 aliphatic rings. The molecule has 25 heavy (non-hydrogen) atoms. The molecule has 1 aliphatic heterocycles. The lowest BCUT2D eigenvalue weighted by atomic mass is 9.86. The second-order valence-corrected chi connectivity index (χ2v) is 7.97. The summed E-state index contributed by atoms with van der Waals surface area (Å²) in [5, 5.41) is 3.11. The van der Waals surface area contributed by atoms with E-state index in [0.717, 1.165) is 18.7 Å². The average molecular weight is 336 g/mol. The van der Waals surface area contributed by atoms with Crippen LogP contribution >= 0.6 is 0 Å². The number of hydrogen-bond acceptors (Lipinski definition) is 2. The van der Waals surface area contributed by atoms with Crippen molar-refractivity contribution in [3.05, 3.63) is 59.7 Å². The first-order valence-corrected chi connectivity index (χ1v) is 9.10. The maximum Gasteiger partial charge on any atom is 0.226 e. The van der Waals surface area contributed by atoms with Gasteiger partial charge in [0.15, 0.2) is 0 Å². The quantitative estimate of drug-likeness (QED) is 0.873. The number of rotatable bonds is 4. The number of carbonyl (C=O) groups excluding carboxylic acids is 1. The van der Waals surface area contributed by atoms with Crippen molar-refractivity contribution in [2.24, 2.45) is 0 Å². The summed E-state index contributed by atoms with van der Waals surface area (Å²) < 4.78 is 0. The van der Waals surface area contributed by atoms with E-state index in [-0.39, 0.29) is 11.3 Å². The van der Waals surface area contributed by atoms with Crippen molar-refractivity contribution in [1.82, 2.24) is 0 Å². The summed E-state index contributed by atoms with van der Waals surface area (Å²) in [6, 6.07) is 17.0. The number of para-hydroxylation sites is 2. The second-order valence-electron chi connectivity index (χ2n) is 7.97. The van der Waals surface area contributed by atoms with E-state index < -0.39 is 0 Å². The molecule has 1 heterocycles. The first-order valence-electron chi connectivity index (χ1n) is 9.10. The van der Waals surface area contributed by atoms with E-state index in [9.17, 15) is 4.79 Å². The van der Waals surface area contributed by atoms with E-state index in [0.29, 0.717) is 12.5 Å². The Morgan fingerprint density at radius 3 is 2.56 bits per heavy atom. The molecular weight excluding hydrogens is 308 g/mol. The lowest BCUT2D eigenvalue weighted by Crippen LogP contribution is -2.32. The first-order chi connectivity index (χ1) is 11.9. The highest BCUT2D eigenvalue weighted by atomic mass is 16.1. The average Bonchev–Trinajstić information content (AvgIpc) is 2.87. The molecule has 0 saturated heterocycles. The summed E-state index contributed by atoms with van der Waals surface area (Å²) in [5.41, 5.74) is 4.76. The molecule has 1 atom stereocenters. The Morgan fingerprint density at radius 1 is 1.12 bits per heavy atom. The SMILES string of the molecule is CC1Cc2ccccc2N1CCC(=O)Nc1ccccc1C(C)(C)C. The third-order valence-electron chi connectivity index (χ3n) is 4.94. The van der Waals surface area contributed by atoms with Crippen LogP contribution in [0.15, 0.2) is 48.5 Å². The fraction of sp³-hybridized carbons (Fsp3) is 0.409. The predicted octanol–water partition coefficient (Wildman–Crippen LogP) is 4.76. The van der Waals surface area contributed by atoms with Crippen LogP contribution in [0.2, 0.25) is 0 Å². The summed E-state index contributed by atoms with van der Waals surface area (Å²) in [7, 11) is 0. The van der Waals surface area contributed by atoms with Gasteiger partial charge in [-0.2, -0.15) is 0 Å². The van der Waals surface area contributed by atoms with Crippen molar-refractivity contribution in [3.63, 3.8) is 0 Å². The minimum absolute atomic E-state index is 0.00623. The van der Waals surface area contributed by atoms with E-state index in [1.165, 1.54) is 16.8 Å². The molecule has 132 valence electrons. The molecule has 2 aromatic rings. The number of carbonyl (C=O) groups is 1. The fourth-order valence-electron chi connectivity index (χ4n) is 3.65. The zero-order valence-electron chi connectivity index (χ0n) is 15.7. The minimum atomic E-state index is 0.00623. The smallest absolute Gasteiger partial charge is 0.226 e. The van der Waals surface area contributed by atoms with E-state index in [1.54, 1.807) is 0 Å². The molecule has 1 N–H and O–H groups in total. The van der Waals surface area contributed by atoms with Gasteiger partial charge in [-0.25, -0.2) is 0 Å². The molecule has 3 heteroatoms. The summed E-state index contributed by atoms with van der Waals surface area (Å²) in [4.78, 5) is 14.9. The molecule has 0 aromatic heterocycles. The van der Waals surface area contributed by atoms with E-state index in [1.807, 2.05) is 18.2 Å². The standard InChI is InChI=1S/C22H28N2O/c1-16-15-17-9-5-8-12-20(17)24(16)14-13-21(25)23-19-11-7-6-10-18(19)22(2,3)4/h5-12,16H,13-15H2,1-4H3,(H,23,25). The fourth-order valence-corrected chi connectivity index (χ4v) is 3.65. The van der Waals surface area contributed by atoms with Crippen molar-refractivity contribution in [2.45, 2.75) is 52.0 Å². The Kier molecular flexibility index (Phi) is 4.85. The van der Waals surface area contributed by atoms with Crippen LogP contribution in [-0.2, 0) is 16.6 Å². The van der Waals surface area contributed by atoms with Crippen molar-refractivity contribution >= 4 is 17.3 Å². The second kappa shape index (κ2) is 6.91. The predicted molar refractivity (Wildman–Crippen MR) is 105 cm³/mol. The largest absolute Gasteiger partial charge is 0.368 e. The van der Waals surface area contributed by atoms with Crippen LogP contribution in [-0.4, -0.2) is 18.5 Å². The monoisotopic (exact) mass is 336 g/mol. The number of anilines is 2. The van der Waals surface area contributed by atoms with E-state index in [2.05, 4.69) is 68.2 Å². The summed E-state index contributed by atoms with van der Waals surface area (Å²) in [5.74, 6) is 0.0771. The van der Waals surface area contributed by atoms with Gasteiger partial charge in [0.2, 0.25) is 5.91 Å². The van der Waals surface area contributed by atoms with Crippen LogP contribution in [0.1, 0.15) is 45.2 Å². The Balaban J connectivity index is 1.65. The maximum atomic E-state index is 12.5. The Bertz CT molecular complexity index is 761. The first kappa shape index (κ1) is 17.5. The van der Waals surface area contributed by atoms with Crippen molar-refractivity contribution in [1.29, 1.82) is 0 Å². The topological polar surface area (TPSA) is 32.3 Å².